The molecule has 0 radical (unpaired) electrons. The lowest BCUT2D eigenvalue weighted by Crippen LogP contribution is -2.12. The van der Waals surface area contributed by atoms with Gasteiger partial charge in [0.05, 0.1) is 44.2 Å². The van der Waals surface area contributed by atoms with Gasteiger partial charge < -0.3 is 24.1 Å². The molecule has 1 aliphatic rings. The Balaban J connectivity index is 1.69. The van der Waals surface area contributed by atoms with E-state index in [2.05, 4.69) is 4.74 Å². The first-order valence-corrected chi connectivity index (χ1v) is 6.52. The van der Waals surface area contributed by atoms with Crippen LogP contribution in [0.1, 0.15) is 20.7 Å². The zero-order chi connectivity index (χ0) is 15.1. The van der Waals surface area contributed by atoms with Crippen LogP contribution in [0.25, 0.3) is 0 Å². The van der Waals surface area contributed by atoms with Gasteiger partial charge in [0.15, 0.2) is 0 Å². The molecule has 1 aromatic rings. The van der Waals surface area contributed by atoms with Gasteiger partial charge in [-0.15, -0.1) is 0 Å². The highest BCUT2D eigenvalue weighted by atomic mass is 16.6. The minimum Gasteiger partial charge on any atom is -0.491 e. The van der Waals surface area contributed by atoms with Crippen molar-refractivity contribution < 1.29 is 33.6 Å². The number of hydrogen-bond acceptors (Lipinski definition) is 7. The van der Waals surface area contributed by atoms with Crippen molar-refractivity contribution in [1.29, 1.82) is 0 Å². The molecule has 0 spiro atoms. The lowest BCUT2D eigenvalue weighted by molar-refractivity contribution is 0.0247. The number of hydrogen-bond donors (Lipinski definition) is 1. The maximum atomic E-state index is 11.4. The first kappa shape index (κ1) is 15.4. The Bertz CT molecular complexity index is 512. The fourth-order valence-electron chi connectivity index (χ4n) is 1.76. The van der Waals surface area contributed by atoms with E-state index in [0.717, 1.165) is 0 Å². The van der Waals surface area contributed by atoms with E-state index in [0.29, 0.717) is 38.8 Å². The molecule has 7 nitrogen and oxygen atoms in total. The third kappa shape index (κ3) is 4.25. The van der Waals surface area contributed by atoms with E-state index in [1.54, 1.807) is 6.07 Å². The van der Waals surface area contributed by atoms with Gasteiger partial charge in [0.2, 0.25) is 0 Å². The molecule has 2 rings (SSSR count). The Morgan fingerprint density at radius 1 is 0.905 bits per heavy atom. The minimum atomic E-state index is -0.655. The third-order valence-electron chi connectivity index (χ3n) is 2.72. The van der Waals surface area contributed by atoms with Crippen LogP contribution in [0.5, 0.6) is 5.75 Å². The highest BCUT2D eigenvalue weighted by Gasteiger charge is 2.29. The Morgan fingerprint density at radius 3 is 2.33 bits per heavy atom. The second-order valence-corrected chi connectivity index (χ2v) is 4.18. The summed E-state index contributed by atoms with van der Waals surface area (Å²) < 4.78 is 20.2. The van der Waals surface area contributed by atoms with E-state index in [1.807, 2.05) is 0 Å². The van der Waals surface area contributed by atoms with E-state index in [1.165, 1.54) is 12.1 Å². The molecule has 0 saturated carbocycles. The van der Waals surface area contributed by atoms with Crippen LogP contribution >= 0.6 is 0 Å². The summed E-state index contributed by atoms with van der Waals surface area (Å²) in [4.78, 5) is 22.6. The first-order chi connectivity index (χ1) is 10.2. The number of carbonyl (C=O) groups is 2. The van der Waals surface area contributed by atoms with Crippen molar-refractivity contribution in [1.82, 2.24) is 0 Å². The molecule has 21 heavy (non-hydrogen) atoms. The van der Waals surface area contributed by atoms with E-state index < -0.39 is 11.9 Å². The van der Waals surface area contributed by atoms with Gasteiger partial charge in [0.1, 0.15) is 12.4 Å². The second kappa shape index (κ2) is 7.72. The maximum Gasteiger partial charge on any atom is 0.347 e. The van der Waals surface area contributed by atoms with Crippen molar-refractivity contribution in [3.05, 3.63) is 29.3 Å². The summed E-state index contributed by atoms with van der Waals surface area (Å²) in [5.74, 6) is -0.814. The maximum absolute atomic E-state index is 11.4. The summed E-state index contributed by atoms with van der Waals surface area (Å²) in [6.45, 7) is 1.78. The summed E-state index contributed by atoms with van der Waals surface area (Å²) in [6, 6.07) is 4.58. The van der Waals surface area contributed by atoms with Gasteiger partial charge >= 0.3 is 11.9 Å². The SMILES string of the molecule is O=C1OC(=O)c2cc(OCCOCCOCCO)ccc21. The van der Waals surface area contributed by atoms with Crippen molar-refractivity contribution in [3.63, 3.8) is 0 Å². The van der Waals surface area contributed by atoms with Gasteiger partial charge in [-0.2, -0.15) is 0 Å². The standard InChI is InChI=1S/C14H16O7/c15-3-4-18-5-6-19-7-8-20-10-1-2-11-12(9-10)14(17)21-13(11)16/h1-2,9,15H,3-8H2. The molecule has 0 fully saturated rings. The molecule has 7 heteroatoms. The summed E-state index contributed by atoms with van der Waals surface area (Å²) >= 11 is 0. The van der Waals surface area contributed by atoms with Gasteiger partial charge in [0, 0.05) is 0 Å². The zero-order valence-electron chi connectivity index (χ0n) is 11.4. The summed E-state index contributed by atoms with van der Waals surface area (Å²) in [7, 11) is 0. The normalized spacial score (nSPS) is 13.2. The van der Waals surface area contributed by atoms with Crippen molar-refractivity contribution in [3.8, 4) is 5.75 Å². The van der Waals surface area contributed by atoms with Crippen LogP contribution in [0.15, 0.2) is 18.2 Å². The van der Waals surface area contributed by atoms with Crippen molar-refractivity contribution in [2.75, 3.05) is 39.6 Å². The number of carbonyl (C=O) groups excluding carboxylic acids is 2. The Morgan fingerprint density at radius 2 is 1.57 bits per heavy atom. The van der Waals surface area contributed by atoms with Crippen LogP contribution < -0.4 is 4.74 Å². The van der Waals surface area contributed by atoms with Gasteiger partial charge in [-0.25, -0.2) is 9.59 Å². The molecule has 1 aromatic carbocycles. The van der Waals surface area contributed by atoms with Crippen molar-refractivity contribution >= 4 is 11.9 Å². The average molecular weight is 296 g/mol. The largest absolute Gasteiger partial charge is 0.491 e. The molecular formula is C14H16O7. The highest BCUT2D eigenvalue weighted by molar-refractivity contribution is 6.14. The van der Waals surface area contributed by atoms with E-state index >= 15 is 0 Å². The summed E-state index contributed by atoms with van der Waals surface area (Å²) in [5, 5.41) is 8.50. The van der Waals surface area contributed by atoms with Gasteiger partial charge in [-0.05, 0) is 18.2 Å². The molecule has 0 amide bonds. The average Bonchev–Trinajstić information content (AvgIpc) is 2.76. The molecule has 1 aliphatic heterocycles. The number of aliphatic hydroxyl groups excluding tert-OH is 1. The Kier molecular flexibility index (Phi) is 5.68. The van der Waals surface area contributed by atoms with Crippen LogP contribution in [0.4, 0.5) is 0 Å². The fourth-order valence-corrected chi connectivity index (χ4v) is 1.76. The second-order valence-electron chi connectivity index (χ2n) is 4.18. The predicted molar refractivity (Wildman–Crippen MR) is 70.4 cm³/mol. The topological polar surface area (TPSA) is 91.3 Å². The van der Waals surface area contributed by atoms with Crippen LogP contribution in [-0.4, -0.2) is 56.7 Å². The number of ether oxygens (including phenoxy) is 4. The third-order valence-corrected chi connectivity index (χ3v) is 2.72. The molecule has 1 N–H and O–H groups in total. The number of fused-ring (bicyclic) bond motifs is 1. The number of esters is 2. The van der Waals surface area contributed by atoms with Crippen LogP contribution in [0.3, 0.4) is 0 Å². The molecule has 1 heterocycles. The van der Waals surface area contributed by atoms with Gasteiger partial charge in [-0.3, -0.25) is 0 Å². The van der Waals surface area contributed by atoms with E-state index in [4.69, 9.17) is 19.3 Å². The number of cyclic esters (lactones) is 2. The lowest BCUT2D eigenvalue weighted by atomic mass is 10.1. The minimum absolute atomic E-state index is 0.00756. The van der Waals surface area contributed by atoms with Crippen molar-refractivity contribution in [2.24, 2.45) is 0 Å². The fraction of sp³-hybridized carbons (Fsp3) is 0.429. The first-order valence-electron chi connectivity index (χ1n) is 6.52. The zero-order valence-corrected chi connectivity index (χ0v) is 11.4. The van der Waals surface area contributed by atoms with Crippen LogP contribution in [-0.2, 0) is 14.2 Å². The smallest absolute Gasteiger partial charge is 0.347 e. The van der Waals surface area contributed by atoms with Gasteiger partial charge in [-0.1, -0.05) is 0 Å². The Hall–Kier alpha value is -1.96. The van der Waals surface area contributed by atoms with Crippen LogP contribution in [0.2, 0.25) is 0 Å². The molecule has 114 valence electrons. The van der Waals surface area contributed by atoms with Crippen molar-refractivity contribution in [2.45, 2.75) is 0 Å². The molecule has 0 aliphatic carbocycles. The van der Waals surface area contributed by atoms with Crippen LogP contribution in [0, 0.1) is 0 Å². The molecule has 0 saturated heterocycles. The quantitative estimate of drug-likeness (QED) is 0.400. The highest BCUT2D eigenvalue weighted by Crippen LogP contribution is 2.24. The predicted octanol–water partition coefficient (Wildman–Crippen LogP) is 0.401. The molecular weight excluding hydrogens is 280 g/mol. The lowest BCUT2D eigenvalue weighted by Gasteiger charge is -2.07. The molecule has 0 aromatic heterocycles. The monoisotopic (exact) mass is 296 g/mol. The van der Waals surface area contributed by atoms with Gasteiger partial charge in [0.25, 0.3) is 0 Å². The molecule has 0 bridgehead atoms. The Labute approximate surface area is 121 Å². The summed E-state index contributed by atoms with van der Waals surface area (Å²) in [5.41, 5.74) is 0.473. The number of rotatable bonds is 9. The molecule has 0 unspecified atom stereocenters. The van der Waals surface area contributed by atoms with E-state index in [-0.39, 0.29) is 17.7 Å². The molecule has 0 atom stereocenters. The summed E-state index contributed by atoms with van der Waals surface area (Å²) in [6.07, 6.45) is 0. The van der Waals surface area contributed by atoms with E-state index in [9.17, 15) is 9.59 Å². The number of aliphatic hydroxyl groups is 1. The number of benzene rings is 1.